The van der Waals surface area contributed by atoms with Gasteiger partial charge in [-0.1, -0.05) is 41.4 Å². The van der Waals surface area contributed by atoms with Gasteiger partial charge in [-0.3, -0.25) is 9.59 Å². The average molecular weight is 270 g/mol. The first-order valence-corrected chi connectivity index (χ1v) is 6.10. The van der Waals surface area contributed by atoms with E-state index in [2.05, 4.69) is 0 Å². The number of alkyl halides is 2. The van der Waals surface area contributed by atoms with Crippen molar-refractivity contribution in [3.05, 3.63) is 35.4 Å². The van der Waals surface area contributed by atoms with Gasteiger partial charge < -0.3 is 4.90 Å². The van der Waals surface area contributed by atoms with Gasteiger partial charge in [0.2, 0.25) is 0 Å². The van der Waals surface area contributed by atoms with Gasteiger partial charge in [0.25, 0.3) is 5.91 Å². The van der Waals surface area contributed by atoms with Crippen LogP contribution in [-0.2, 0) is 4.79 Å². The van der Waals surface area contributed by atoms with Gasteiger partial charge in [-0.25, -0.2) is 0 Å². The Bertz CT molecular complexity index is 527. The molecule has 0 aromatic heterocycles. The smallest absolute Gasteiger partial charge is 0.254 e. The lowest BCUT2D eigenvalue weighted by atomic mass is 9.95. The predicted molar refractivity (Wildman–Crippen MR) is 64.3 cm³/mol. The lowest BCUT2D eigenvalue weighted by Crippen LogP contribution is -2.48. The van der Waals surface area contributed by atoms with Crippen molar-refractivity contribution in [1.82, 2.24) is 4.90 Å². The second kappa shape index (κ2) is 3.47. The molecular formula is C12H9Cl2NO2. The fraction of sp³-hybridized carbons (Fsp3) is 0.333. The quantitative estimate of drug-likeness (QED) is 0.678. The number of piperidine rings is 1. The number of carbonyl (C=O) groups excluding carboxylic acids is 2. The van der Waals surface area contributed by atoms with E-state index >= 15 is 0 Å². The summed E-state index contributed by atoms with van der Waals surface area (Å²) in [5, 5.41) is 0. The molecule has 3 rings (SSSR count). The van der Waals surface area contributed by atoms with E-state index in [-0.39, 0.29) is 18.1 Å². The van der Waals surface area contributed by atoms with Gasteiger partial charge >= 0.3 is 0 Å². The second-order valence-corrected chi connectivity index (χ2v) is 5.67. The third-order valence-electron chi connectivity index (χ3n) is 3.35. The first-order valence-electron chi connectivity index (χ1n) is 5.34. The highest BCUT2D eigenvalue weighted by Gasteiger charge is 2.54. The Kier molecular flexibility index (Phi) is 2.25. The molecule has 5 heteroatoms. The first kappa shape index (κ1) is 11.1. The molecule has 1 amide bonds. The molecule has 17 heavy (non-hydrogen) atoms. The van der Waals surface area contributed by atoms with Gasteiger partial charge in [-0.2, -0.15) is 0 Å². The Labute approximate surface area is 108 Å². The van der Waals surface area contributed by atoms with Crippen molar-refractivity contribution in [3.8, 4) is 0 Å². The molecule has 1 fully saturated rings. The zero-order chi connectivity index (χ0) is 12.2. The van der Waals surface area contributed by atoms with Crippen molar-refractivity contribution in [1.29, 1.82) is 0 Å². The van der Waals surface area contributed by atoms with Gasteiger partial charge in [0, 0.05) is 18.5 Å². The highest BCUT2D eigenvalue weighted by Crippen LogP contribution is 2.49. The zero-order valence-electron chi connectivity index (χ0n) is 8.82. The van der Waals surface area contributed by atoms with Gasteiger partial charge in [0.15, 0.2) is 10.1 Å². The van der Waals surface area contributed by atoms with Crippen molar-refractivity contribution >= 4 is 34.9 Å². The summed E-state index contributed by atoms with van der Waals surface area (Å²) < 4.78 is -1.53. The topological polar surface area (TPSA) is 37.4 Å². The highest BCUT2D eigenvalue weighted by molar-refractivity contribution is 6.59. The van der Waals surface area contributed by atoms with Crippen LogP contribution in [0.15, 0.2) is 24.3 Å². The van der Waals surface area contributed by atoms with Crippen LogP contribution < -0.4 is 0 Å². The number of ketones is 1. The Morgan fingerprint density at radius 3 is 2.71 bits per heavy atom. The minimum Gasteiger partial charge on any atom is -0.328 e. The summed E-state index contributed by atoms with van der Waals surface area (Å²) in [4.78, 5) is 25.5. The van der Waals surface area contributed by atoms with E-state index in [1.807, 2.05) is 6.07 Å². The number of rotatable bonds is 0. The van der Waals surface area contributed by atoms with Crippen LogP contribution in [0.4, 0.5) is 0 Å². The molecule has 1 atom stereocenters. The molecular weight excluding hydrogens is 261 g/mol. The van der Waals surface area contributed by atoms with Crippen LogP contribution >= 0.6 is 23.2 Å². The molecule has 88 valence electrons. The molecule has 2 heterocycles. The Morgan fingerprint density at radius 1 is 1.24 bits per heavy atom. The fourth-order valence-corrected chi connectivity index (χ4v) is 3.19. The summed E-state index contributed by atoms with van der Waals surface area (Å²) in [5.41, 5.74) is 1.34. The Balaban J connectivity index is 2.19. The number of halogens is 2. The van der Waals surface area contributed by atoms with E-state index in [0.29, 0.717) is 12.1 Å². The molecule has 1 aromatic carbocycles. The largest absolute Gasteiger partial charge is 0.328 e. The summed E-state index contributed by atoms with van der Waals surface area (Å²) in [6.45, 7) is 0.387. The summed E-state index contributed by atoms with van der Waals surface area (Å²) in [7, 11) is 0. The van der Waals surface area contributed by atoms with Crippen molar-refractivity contribution in [3.63, 3.8) is 0 Å². The molecule has 0 aliphatic carbocycles. The van der Waals surface area contributed by atoms with Crippen LogP contribution in [-0.4, -0.2) is 27.5 Å². The van der Waals surface area contributed by atoms with Crippen LogP contribution in [0.2, 0.25) is 0 Å². The van der Waals surface area contributed by atoms with Gasteiger partial charge in [0.05, 0.1) is 6.04 Å². The first-order chi connectivity index (χ1) is 8.03. The number of hydrogen-bond donors (Lipinski definition) is 0. The third-order valence-corrected chi connectivity index (χ3v) is 4.19. The van der Waals surface area contributed by atoms with Gasteiger partial charge in [0.1, 0.15) is 0 Å². The summed E-state index contributed by atoms with van der Waals surface area (Å²) in [6, 6.07) is 6.61. The predicted octanol–water partition coefficient (Wildman–Crippen LogP) is 2.33. The Morgan fingerprint density at radius 2 is 1.94 bits per heavy atom. The van der Waals surface area contributed by atoms with E-state index in [0.717, 1.165) is 5.56 Å². The van der Waals surface area contributed by atoms with Crippen molar-refractivity contribution in [2.75, 3.05) is 6.54 Å². The molecule has 2 aliphatic rings. The van der Waals surface area contributed by atoms with Crippen molar-refractivity contribution < 1.29 is 9.59 Å². The molecule has 1 saturated heterocycles. The highest BCUT2D eigenvalue weighted by atomic mass is 35.5. The minimum atomic E-state index is -1.53. The van der Waals surface area contributed by atoms with Crippen molar-refractivity contribution in [2.45, 2.75) is 16.8 Å². The molecule has 3 nitrogen and oxygen atoms in total. The Hall–Kier alpha value is -1.06. The van der Waals surface area contributed by atoms with E-state index in [1.54, 1.807) is 23.1 Å². The lowest BCUT2D eigenvalue weighted by molar-refractivity contribution is -0.123. The van der Waals surface area contributed by atoms with Crippen LogP contribution in [0.5, 0.6) is 0 Å². The molecule has 0 spiro atoms. The number of Topliss-reactive ketones (excluding diaryl/α,β-unsaturated/α-hetero) is 1. The van der Waals surface area contributed by atoms with Crippen LogP contribution in [0.1, 0.15) is 28.4 Å². The van der Waals surface area contributed by atoms with E-state index in [9.17, 15) is 9.59 Å². The van der Waals surface area contributed by atoms with Crippen molar-refractivity contribution in [2.24, 2.45) is 0 Å². The molecule has 1 unspecified atom stereocenters. The van der Waals surface area contributed by atoms with Crippen LogP contribution in [0, 0.1) is 0 Å². The molecule has 0 N–H and O–H groups in total. The molecule has 0 saturated carbocycles. The standard InChI is InChI=1S/C12H9Cl2NO2/c13-12(14)9(16)5-6-15-10(12)7-3-1-2-4-8(7)11(15)17/h1-4,10H,5-6H2. The minimum absolute atomic E-state index is 0.0937. The van der Waals surface area contributed by atoms with Gasteiger partial charge in [-0.15, -0.1) is 0 Å². The van der Waals surface area contributed by atoms with E-state index in [4.69, 9.17) is 23.2 Å². The van der Waals surface area contributed by atoms with Gasteiger partial charge in [-0.05, 0) is 11.6 Å². The third kappa shape index (κ3) is 1.36. The number of nitrogens with zero attached hydrogens (tertiary/aromatic N) is 1. The second-order valence-electron chi connectivity index (χ2n) is 4.28. The number of hydrogen-bond acceptors (Lipinski definition) is 2. The SMILES string of the molecule is O=C1c2ccccc2C2N1CCC(=O)C2(Cl)Cl. The number of fused-ring (bicyclic) bond motifs is 3. The fourth-order valence-electron chi connectivity index (χ4n) is 2.53. The maximum absolute atomic E-state index is 12.1. The maximum atomic E-state index is 12.1. The molecule has 0 bridgehead atoms. The summed E-state index contributed by atoms with van der Waals surface area (Å²) in [5.74, 6) is -0.310. The monoisotopic (exact) mass is 269 g/mol. The van der Waals surface area contributed by atoms with Crippen LogP contribution in [0.25, 0.3) is 0 Å². The van der Waals surface area contributed by atoms with Crippen LogP contribution in [0.3, 0.4) is 0 Å². The normalized spacial score (nSPS) is 25.8. The average Bonchev–Trinajstić information content (AvgIpc) is 2.60. The zero-order valence-corrected chi connectivity index (χ0v) is 10.3. The van der Waals surface area contributed by atoms with E-state index in [1.165, 1.54) is 0 Å². The maximum Gasteiger partial charge on any atom is 0.254 e. The van der Waals surface area contributed by atoms with E-state index < -0.39 is 10.4 Å². The lowest BCUT2D eigenvalue weighted by Gasteiger charge is -2.37. The molecule has 0 radical (unpaired) electrons. The number of benzene rings is 1. The number of carbonyl (C=O) groups is 2. The summed E-state index contributed by atoms with van der Waals surface area (Å²) >= 11 is 12.3. The molecule has 2 aliphatic heterocycles. The summed E-state index contributed by atoms with van der Waals surface area (Å²) in [6.07, 6.45) is 0.212. The number of amides is 1. The molecule has 1 aromatic rings.